The zero-order chi connectivity index (χ0) is 14.2. The van der Waals surface area contributed by atoms with Crippen LogP contribution in [0.2, 0.25) is 0 Å². The molecule has 0 aromatic heterocycles. The van der Waals surface area contributed by atoms with E-state index in [1.54, 1.807) is 0 Å². The summed E-state index contributed by atoms with van der Waals surface area (Å²) in [6.45, 7) is 1.11. The molecule has 0 aliphatic heterocycles. The molecule has 0 unspecified atom stereocenters. The van der Waals surface area contributed by atoms with Crippen molar-refractivity contribution in [3.05, 3.63) is 65.7 Å². The van der Waals surface area contributed by atoms with Crippen molar-refractivity contribution in [3.63, 3.8) is 0 Å². The number of hydrogen-bond acceptors (Lipinski definition) is 2. The van der Waals surface area contributed by atoms with Gasteiger partial charge in [-0.15, -0.1) is 0 Å². The summed E-state index contributed by atoms with van der Waals surface area (Å²) in [6.07, 6.45) is 0.807. The summed E-state index contributed by atoms with van der Waals surface area (Å²) in [6, 6.07) is 17.3. The number of hydrogen-bond donors (Lipinski definition) is 3. The molecule has 0 radical (unpaired) electrons. The maximum atomic E-state index is 11.8. The Morgan fingerprint density at radius 1 is 1.00 bits per heavy atom. The van der Waals surface area contributed by atoms with Gasteiger partial charge in [0.25, 0.3) is 0 Å². The maximum Gasteiger partial charge on any atom is 0.319 e. The molecule has 0 saturated carbocycles. The molecule has 0 aliphatic carbocycles. The van der Waals surface area contributed by atoms with Crippen LogP contribution in [0.4, 0.5) is 10.5 Å². The summed E-state index contributed by atoms with van der Waals surface area (Å²) in [5.74, 6) is 0. The van der Waals surface area contributed by atoms with Gasteiger partial charge in [-0.1, -0.05) is 42.5 Å². The molecule has 2 aromatic rings. The maximum absolute atomic E-state index is 11.8. The molecular formula is C16H19N3O. The van der Waals surface area contributed by atoms with E-state index in [1.165, 1.54) is 0 Å². The molecule has 0 bridgehead atoms. The van der Waals surface area contributed by atoms with Crippen molar-refractivity contribution in [2.75, 3.05) is 11.9 Å². The summed E-state index contributed by atoms with van der Waals surface area (Å²) in [5, 5.41) is 5.64. The van der Waals surface area contributed by atoms with E-state index in [1.807, 2.05) is 54.6 Å². The van der Waals surface area contributed by atoms with E-state index in [-0.39, 0.29) is 6.03 Å². The fourth-order valence-electron chi connectivity index (χ4n) is 1.92. The van der Waals surface area contributed by atoms with E-state index >= 15 is 0 Å². The predicted molar refractivity (Wildman–Crippen MR) is 81.5 cm³/mol. The van der Waals surface area contributed by atoms with E-state index in [2.05, 4.69) is 10.6 Å². The van der Waals surface area contributed by atoms with Gasteiger partial charge in [0, 0.05) is 12.2 Å². The largest absolute Gasteiger partial charge is 0.334 e. The van der Waals surface area contributed by atoms with Crippen LogP contribution in [0.5, 0.6) is 0 Å². The molecule has 2 rings (SSSR count). The molecule has 0 atom stereocenters. The van der Waals surface area contributed by atoms with Crippen molar-refractivity contribution in [2.45, 2.75) is 13.0 Å². The molecule has 0 fully saturated rings. The lowest BCUT2D eigenvalue weighted by Gasteiger charge is -2.09. The first-order valence-electron chi connectivity index (χ1n) is 6.66. The zero-order valence-electron chi connectivity index (χ0n) is 11.3. The highest BCUT2D eigenvalue weighted by Gasteiger charge is 2.02. The highest BCUT2D eigenvalue weighted by molar-refractivity contribution is 5.89. The average molecular weight is 269 g/mol. The lowest BCUT2D eigenvalue weighted by molar-refractivity contribution is 0.251. The van der Waals surface area contributed by atoms with Crippen LogP contribution in [0.1, 0.15) is 11.1 Å². The zero-order valence-corrected chi connectivity index (χ0v) is 11.3. The average Bonchev–Trinajstić information content (AvgIpc) is 2.47. The number of nitrogens with two attached hydrogens (primary N) is 1. The fourth-order valence-corrected chi connectivity index (χ4v) is 1.92. The highest BCUT2D eigenvalue weighted by Crippen LogP contribution is 2.10. The van der Waals surface area contributed by atoms with Crippen molar-refractivity contribution >= 4 is 11.7 Å². The van der Waals surface area contributed by atoms with Crippen LogP contribution >= 0.6 is 0 Å². The summed E-state index contributed by atoms with van der Waals surface area (Å²) >= 11 is 0. The van der Waals surface area contributed by atoms with Gasteiger partial charge in [0.05, 0.1) is 0 Å². The second kappa shape index (κ2) is 7.31. The third-order valence-electron chi connectivity index (χ3n) is 2.91. The van der Waals surface area contributed by atoms with Crippen molar-refractivity contribution in [1.82, 2.24) is 5.32 Å². The fraction of sp³-hybridized carbons (Fsp3) is 0.188. The van der Waals surface area contributed by atoms with Crippen molar-refractivity contribution in [2.24, 2.45) is 5.73 Å². The molecule has 0 aliphatic rings. The monoisotopic (exact) mass is 269 g/mol. The van der Waals surface area contributed by atoms with Gasteiger partial charge in [-0.05, 0) is 36.2 Å². The Bertz CT molecular complexity index is 555. The third-order valence-corrected chi connectivity index (χ3v) is 2.91. The SMILES string of the molecule is NCCc1cccc(NC(=O)NCc2ccccc2)c1. The Kier molecular flexibility index (Phi) is 5.15. The number of urea groups is 1. The Morgan fingerprint density at radius 3 is 2.50 bits per heavy atom. The first-order chi connectivity index (χ1) is 9.78. The normalized spacial score (nSPS) is 10.1. The minimum Gasteiger partial charge on any atom is -0.334 e. The number of anilines is 1. The molecular weight excluding hydrogens is 250 g/mol. The van der Waals surface area contributed by atoms with Gasteiger partial charge < -0.3 is 16.4 Å². The van der Waals surface area contributed by atoms with E-state index < -0.39 is 0 Å². The molecule has 4 nitrogen and oxygen atoms in total. The lowest BCUT2D eigenvalue weighted by atomic mass is 10.1. The predicted octanol–water partition coefficient (Wildman–Crippen LogP) is 2.51. The van der Waals surface area contributed by atoms with Gasteiger partial charge in [0.2, 0.25) is 0 Å². The van der Waals surface area contributed by atoms with Gasteiger partial charge in [-0.3, -0.25) is 0 Å². The second-order valence-electron chi connectivity index (χ2n) is 4.53. The Morgan fingerprint density at radius 2 is 1.75 bits per heavy atom. The lowest BCUT2D eigenvalue weighted by Crippen LogP contribution is -2.28. The van der Waals surface area contributed by atoms with Crippen LogP contribution in [0.3, 0.4) is 0 Å². The molecule has 2 aromatic carbocycles. The van der Waals surface area contributed by atoms with E-state index in [9.17, 15) is 4.79 Å². The van der Waals surface area contributed by atoms with Gasteiger partial charge in [-0.2, -0.15) is 0 Å². The van der Waals surface area contributed by atoms with Crippen LogP contribution in [-0.2, 0) is 13.0 Å². The topological polar surface area (TPSA) is 67.1 Å². The van der Waals surface area contributed by atoms with Gasteiger partial charge in [0.15, 0.2) is 0 Å². The van der Waals surface area contributed by atoms with Crippen molar-refractivity contribution < 1.29 is 4.79 Å². The number of carbonyl (C=O) groups excluding carboxylic acids is 1. The minimum absolute atomic E-state index is 0.209. The number of amides is 2. The van der Waals surface area contributed by atoms with Gasteiger partial charge in [-0.25, -0.2) is 4.79 Å². The molecule has 4 N–H and O–H groups in total. The van der Waals surface area contributed by atoms with E-state index in [4.69, 9.17) is 5.73 Å². The molecule has 0 spiro atoms. The van der Waals surface area contributed by atoms with E-state index in [0.717, 1.165) is 23.2 Å². The molecule has 0 saturated heterocycles. The van der Waals surface area contributed by atoms with Crippen molar-refractivity contribution in [1.29, 1.82) is 0 Å². The summed E-state index contributed by atoms with van der Waals surface area (Å²) in [4.78, 5) is 11.8. The summed E-state index contributed by atoms with van der Waals surface area (Å²) in [5.41, 5.74) is 8.49. The first kappa shape index (κ1) is 14.1. The molecule has 2 amide bonds. The molecule has 4 heteroatoms. The number of nitrogens with one attached hydrogen (secondary N) is 2. The first-order valence-corrected chi connectivity index (χ1v) is 6.66. The third kappa shape index (κ3) is 4.40. The standard InChI is InChI=1S/C16H19N3O/c17-10-9-13-7-4-8-15(11-13)19-16(20)18-12-14-5-2-1-3-6-14/h1-8,11H,9-10,12,17H2,(H2,18,19,20). The van der Waals surface area contributed by atoms with Crippen LogP contribution in [-0.4, -0.2) is 12.6 Å². The minimum atomic E-state index is -0.209. The second-order valence-corrected chi connectivity index (χ2v) is 4.53. The van der Waals surface area contributed by atoms with Crippen LogP contribution < -0.4 is 16.4 Å². The van der Waals surface area contributed by atoms with E-state index in [0.29, 0.717) is 13.1 Å². The summed E-state index contributed by atoms with van der Waals surface area (Å²) in [7, 11) is 0. The smallest absolute Gasteiger partial charge is 0.319 e. The number of rotatable bonds is 5. The van der Waals surface area contributed by atoms with Gasteiger partial charge >= 0.3 is 6.03 Å². The number of benzene rings is 2. The Balaban J connectivity index is 1.86. The highest BCUT2D eigenvalue weighted by atomic mass is 16.2. The van der Waals surface area contributed by atoms with Gasteiger partial charge in [0.1, 0.15) is 0 Å². The molecule has 104 valence electrons. The number of carbonyl (C=O) groups is 1. The van der Waals surface area contributed by atoms with Crippen molar-refractivity contribution in [3.8, 4) is 0 Å². The molecule has 0 heterocycles. The van der Waals surface area contributed by atoms with Crippen LogP contribution in [0.15, 0.2) is 54.6 Å². The Labute approximate surface area is 119 Å². The quantitative estimate of drug-likeness (QED) is 0.780. The molecule has 20 heavy (non-hydrogen) atoms. The van der Waals surface area contributed by atoms with Crippen LogP contribution in [0.25, 0.3) is 0 Å². The van der Waals surface area contributed by atoms with Crippen LogP contribution in [0, 0.1) is 0 Å². The summed E-state index contributed by atoms with van der Waals surface area (Å²) < 4.78 is 0. The Hall–Kier alpha value is -2.33.